The molecule has 0 fully saturated rings. The van der Waals surface area contributed by atoms with Crippen LogP contribution in [0.4, 0.5) is 4.79 Å². The Morgan fingerprint density at radius 1 is 1.50 bits per heavy atom. The van der Waals surface area contributed by atoms with Crippen molar-refractivity contribution in [3.63, 3.8) is 0 Å². The molecule has 1 atom stereocenters. The van der Waals surface area contributed by atoms with Gasteiger partial charge in [0.15, 0.2) is 0 Å². The Kier molecular flexibility index (Phi) is 2.51. The Morgan fingerprint density at radius 2 is 2.39 bits per heavy atom. The van der Waals surface area contributed by atoms with Gasteiger partial charge in [0, 0.05) is 24.8 Å². The largest absolute Gasteiger partial charge is 0.449 e. The second-order valence-electron chi connectivity index (χ2n) is 4.05. The molecule has 0 bridgehead atoms. The first-order valence-electron chi connectivity index (χ1n) is 5.85. The lowest BCUT2D eigenvalue weighted by atomic mass is 10.1. The molecule has 0 aromatic carbocycles. The maximum absolute atomic E-state index is 11.6. The van der Waals surface area contributed by atoms with E-state index in [4.69, 9.17) is 4.74 Å². The first-order valence-corrected chi connectivity index (χ1v) is 5.85. The molecule has 1 amide bonds. The van der Waals surface area contributed by atoms with E-state index in [-0.39, 0.29) is 12.1 Å². The minimum atomic E-state index is -0.359. The standard InChI is InChI=1S/C13H13N3O2/c1-2-18-13(17)15-7-4-11-10(9-15)8-12-14-5-3-6-16(11)12/h3-9,11H,2H2,1H3. The van der Waals surface area contributed by atoms with Gasteiger partial charge in [0.1, 0.15) is 5.82 Å². The molecular weight excluding hydrogens is 230 g/mol. The molecule has 3 rings (SSSR count). The quantitative estimate of drug-likeness (QED) is 0.707. The summed E-state index contributed by atoms with van der Waals surface area (Å²) in [5.41, 5.74) is 1.03. The van der Waals surface area contributed by atoms with Crippen LogP contribution in [0.1, 0.15) is 6.92 Å². The van der Waals surface area contributed by atoms with Crippen molar-refractivity contribution in [2.24, 2.45) is 4.99 Å². The molecule has 0 radical (unpaired) electrons. The van der Waals surface area contributed by atoms with Crippen molar-refractivity contribution in [2.75, 3.05) is 6.61 Å². The molecule has 18 heavy (non-hydrogen) atoms. The number of carbonyl (C=O) groups excluding carboxylic acids is 1. The zero-order valence-electron chi connectivity index (χ0n) is 9.98. The lowest BCUT2D eigenvalue weighted by Gasteiger charge is -2.27. The monoisotopic (exact) mass is 243 g/mol. The van der Waals surface area contributed by atoms with Gasteiger partial charge >= 0.3 is 6.09 Å². The number of ether oxygens (including phenoxy) is 1. The van der Waals surface area contributed by atoms with Crippen LogP contribution in [0.5, 0.6) is 0 Å². The van der Waals surface area contributed by atoms with Gasteiger partial charge in [-0.15, -0.1) is 0 Å². The minimum absolute atomic E-state index is 0.124. The summed E-state index contributed by atoms with van der Waals surface area (Å²) in [6.07, 6.45) is 12.7. The zero-order chi connectivity index (χ0) is 12.5. The molecule has 0 aromatic heterocycles. The van der Waals surface area contributed by atoms with Crippen LogP contribution >= 0.6 is 0 Å². The predicted molar refractivity (Wildman–Crippen MR) is 67.4 cm³/mol. The maximum Gasteiger partial charge on any atom is 0.417 e. The Bertz CT molecular complexity index is 528. The number of carbonyl (C=O) groups is 1. The Balaban J connectivity index is 1.86. The Morgan fingerprint density at radius 3 is 3.22 bits per heavy atom. The van der Waals surface area contributed by atoms with Crippen molar-refractivity contribution < 1.29 is 9.53 Å². The van der Waals surface area contributed by atoms with Gasteiger partial charge in [-0.2, -0.15) is 0 Å². The van der Waals surface area contributed by atoms with Gasteiger partial charge in [-0.3, -0.25) is 4.90 Å². The van der Waals surface area contributed by atoms with Crippen molar-refractivity contribution in [1.29, 1.82) is 0 Å². The van der Waals surface area contributed by atoms with E-state index in [1.54, 1.807) is 25.5 Å². The number of nitrogens with zero attached hydrogens (tertiary/aromatic N) is 3. The summed E-state index contributed by atoms with van der Waals surface area (Å²) in [4.78, 5) is 19.4. The third-order valence-corrected chi connectivity index (χ3v) is 2.94. The van der Waals surface area contributed by atoms with Crippen LogP contribution in [0.3, 0.4) is 0 Å². The molecule has 0 aromatic rings. The van der Waals surface area contributed by atoms with Crippen molar-refractivity contribution in [3.05, 3.63) is 48.2 Å². The molecule has 92 valence electrons. The van der Waals surface area contributed by atoms with Gasteiger partial charge in [-0.05, 0) is 30.7 Å². The molecule has 5 nitrogen and oxygen atoms in total. The van der Waals surface area contributed by atoms with Crippen molar-refractivity contribution in [1.82, 2.24) is 9.80 Å². The van der Waals surface area contributed by atoms with E-state index < -0.39 is 0 Å². The fourth-order valence-corrected chi connectivity index (χ4v) is 2.14. The number of amides is 1. The second-order valence-corrected chi connectivity index (χ2v) is 4.05. The summed E-state index contributed by atoms with van der Waals surface area (Å²) in [6.45, 7) is 2.16. The topological polar surface area (TPSA) is 45.1 Å². The molecule has 3 aliphatic rings. The number of hydrogen-bond acceptors (Lipinski definition) is 4. The van der Waals surface area contributed by atoms with E-state index in [1.807, 2.05) is 24.4 Å². The molecule has 5 heteroatoms. The highest BCUT2D eigenvalue weighted by Gasteiger charge is 2.31. The zero-order valence-corrected chi connectivity index (χ0v) is 9.98. The normalized spacial score (nSPS) is 23.5. The van der Waals surface area contributed by atoms with Crippen LogP contribution in [-0.4, -0.2) is 34.8 Å². The summed E-state index contributed by atoms with van der Waals surface area (Å²) in [7, 11) is 0. The highest BCUT2D eigenvalue weighted by Crippen LogP contribution is 2.32. The molecule has 3 heterocycles. The van der Waals surface area contributed by atoms with Gasteiger partial charge in [0.25, 0.3) is 0 Å². The molecular formula is C13H13N3O2. The van der Waals surface area contributed by atoms with Crippen molar-refractivity contribution >= 4 is 12.3 Å². The first-order chi connectivity index (χ1) is 8.79. The number of rotatable bonds is 1. The van der Waals surface area contributed by atoms with Crippen LogP contribution in [0.15, 0.2) is 53.2 Å². The smallest absolute Gasteiger partial charge is 0.417 e. The molecule has 0 N–H and O–H groups in total. The van der Waals surface area contributed by atoms with E-state index in [9.17, 15) is 4.79 Å². The second kappa shape index (κ2) is 4.18. The van der Waals surface area contributed by atoms with Crippen LogP contribution in [-0.2, 0) is 4.74 Å². The van der Waals surface area contributed by atoms with E-state index in [2.05, 4.69) is 9.89 Å². The Labute approximate surface area is 105 Å². The molecule has 0 spiro atoms. The fourth-order valence-electron chi connectivity index (χ4n) is 2.14. The fraction of sp³-hybridized carbons (Fsp3) is 0.231. The number of fused-ring (bicyclic) bond motifs is 3. The predicted octanol–water partition coefficient (Wildman–Crippen LogP) is 1.98. The highest BCUT2D eigenvalue weighted by molar-refractivity contribution is 5.75. The first kappa shape index (κ1) is 10.8. The third kappa shape index (κ3) is 1.64. The summed E-state index contributed by atoms with van der Waals surface area (Å²) >= 11 is 0. The maximum atomic E-state index is 11.6. The average molecular weight is 243 g/mol. The minimum Gasteiger partial charge on any atom is -0.449 e. The van der Waals surface area contributed by atoms with Crippen LogP contribution < -0.4 is 0 Å². The van der Waals surface area contributed by atoms with Gasteiger partial charge in [-0.25, -0.2) is 9.79 Å². The lowest BCUT2D eigenvalue weighted by molar-refractivity contribution is 0.132. The molecule has 3 aliphatic heterocycles. The van der Waals surface area contributed by atoms with Crippen LogP contribution in [0.2, 0.25) is 0 Å². The van der Waals surface area contributed by atoms with Crippen molar-refractivity contribution in [3.8, 4) is 0 Å². The van der Waals surface area contributed by atoms with Gasteiger partial charge in [-0.1, -0.05) is 0 Å². The van der Waals surface area contributed by atoms with Crippen LogP contribution in [0.25, 0.3) is 0 Å². The summed E-state index contributed by atoms with van der Waals surface area (Å²) in [5, 5.41) is 0. The molecule has 0 aliphatic carbocycles. The van der Waals surface area contributed by atoms with Crippen LogP contribution in [0, 0.1) is 0 Å². The summed E-state index contributed by atoms with van der Waals surface area (Å²) < 4.78 is 4.96. The SMILES string of the molecule is CCOC(=O)N1C=CC2C(=C1)C=C1N=CC=CN12. The molecule has 0 saturated carbocycles. The highest BCUT2D eigenvalue weighted by atomic mass is 16.5. The van der Waals surface area contributed by atoms with Crippen molar-refractivity contribution in [2.45, 2.75) is 13.0 Å². The van der Waals surface area contributed by atoms with Gasteiger partial charge < -0.3 is 9.64 Å². The summed E-state index contributed by atoms with van der Waals surface area (Å²) in [6, 6.07) is 0.124. The number of allylic oxidation sites excluding steroid dienone is 1. The van der Waals surface area contributed by atoms with Gasteiger partial charge in [0.2, 0.25) is 0 Å². The molecule has 1 unspecified atom stereocenters. The number of aliphatic imine (C=N–C) groups is 1. The Hall–Kier alpha value is -2.30. The lowest BCUT2D eigenvalue weighted by Crippen LogP contribution is -2.31. The van der Waals surface area contributed by atoms with Gasteiger partial charge in [0.05, 0.1) is 12.6 Å². The number of hydrogen-bond donors (Lipinski definition) is 0. The summed E-state index contributed by atoms with van der Waals surface area (Å²) in [5.74, 6) is 0.893. The molecule has 0 saturated heterocycles. The van der Waals surface area contributed by atoms with E-state index in [0.29, 0.717) is 6.61 Å². The average Bonchev–Trinajstić information content (AvgIpc) is 2.76. The van der Waals surface area contributed by atoms with E-state index in [0.717, 1.165) is 11.4 Å². The van der Waals surface area contributed by atoms with E-state index in [1.165, 1.54) is 4.90 Å². The third-order valence-electron chi connectivity index (χ3n) is 2.94. The van der Waals surface area contributed by atoms with E-state index >= 15 is 0 Å².